The van der Waals surface area contributed by atoms with Crippen LogP contribution in [-0.2, 0) is 0 Å². The summed E-state index contributed by atoms with van der Waals surface area (Å²) < 4.78 is 0.522. The van der Waals surface area contributed by atoms with Crippen LogP contribution in [0.2, 0.25) is 0 Å². The Morgan fingerprint density at radius 3 is 0.579 bits per heavy atom. The van der Waals surface area contributed by atoms with Crippen molar-refractivity contribution in [3.8, 4) is 0 Å². The maximum atomic E-state index is 3.56. The van der Waals surface area contributed by atoms with E-state index in [-0.39, 0.29) is 0 Å². The Morgan fingerprint density at radius 2 is 0.421 bits per heavy atom. The maximum Gasteiger partial charge on any atom is 0.0697 e. The summed E-state index contributed by atoms with van der Waals surface area (Å²) in [6.45, 7) is 2.31. The standard InChI is InChI=1S/C36H72Br2/c1-2-3-4-5-6-7-8-9-10-11-12-13-14-15-16-17-18-19-20-21-22-23-24-25-26-27-28-29-30-31-32-33-34-35-36(37)38/h36H,2-35H2,1H3. The highest BCUT2D eigenvalue weighted by atomic mass is 79.9. The third-order valence-electron chi connectivity index (χ3n) is 8.53. The van der Waals surface area contributed by atoms with E-state index in [9.17, 15) is 0 Å². The minimum Gasteiger partial charge on any atom is -0.0765 e. The zero-order valence-electron chi connectivity index (χ0n) is 26.4. The minimum atomic E-state index is 0.522. The molecule has 0 fully saturated rings. The monoisotopic (exact) mass is 662 g/mol. The first-order valence-corrected chi connectivity index (χ1v) is 19.9. The second-order valence-electron chi connectivity index (χ2n) is 12.5. The third-order valence-corrected chi connectivity index (χ3v) is 9.44. The highest BCUT2D eigenvalue weighted by Crippen LogP contribution is 2.19. The summed E-state index contributed by atoms with van der Waals surface area (Å²) in [7, 11) is 0. The van der Waals surface area contributed by atoms with Crippen molar-refractivity contribution in [3.63, 3.8) is 0 Å². The Bertz CT molecular complexity index is 395. The van der Waals surface area contributed by atoms with Crippen LogP contribution < -0.4 is 0 Å². The van der Waals surface area contributed by atoms with Gasteiger partial charge in [0.2, 0.25) is 0 Å². The quantitative estimate of drug-likeness (QED) is 0.0474. The second-order valence-corrected chi connectivity index (χ2v) is 15.9. The fourth-order valence-electron chi connectivity index (χ4n) is 5.85. The number of rotatable bonds is 34. The first kappa shape index (κ1) is 39.0. The molecule has 0 aromatic heterocycles. The molecule has 0 aliphatic carbocycles. The van der Waals surface area contributed by atoms with Crippen LogP contribution in [0.1, 0.15) is 225 Å². The van der Waals surface area contributed by atoms with E-state index < -0.39 is 0 Å². The van der Waals surface area contributed by atoms with Gasteiger partial charge in [0.15, 0.2) is 0 Å². The first-order valence-electron chi connectivity index (χ1n) is 18.1. The lowest BCUT2D eigenvalue weighted by atomic mass is 10.0. The molecule has 0 saturated carbocycles. The van der Waals surface area contributed by atoms with Crippen LogP contribution in [0.4, 0.5) is 0 Å². The van der Waals surface area contributed by atoms with Crippen LogP contribution in [0.15, 0.2) is 0 Å². The summed E-state index contributed by atoms with van der Waals surface area (Å²) in [6, 6.07) is 0. The summed E-state index contributed by atoms with van der Waals surface area (Å²) in [4.78, 5) is 0. The molecule has 0 N–H and O–H groups in total. The summed E-state index contributed by atoms with van der Waals surface area (Å²) in [6.07, 6.45) is 49.9. The predicted octanol–water partition coefficient (Wildman–Crippen LogP) is 15.4. The van der Waals surface area contributed by atoms with Gasteiger partial charge in [0.05, 0.1) is 3.74 Å². The lowest BCUT2D eigenvalue weighted by Crippen LogP contribution is -1.86. The Hall–Kier alpha value is 0.960. The molecule has 0 amide bonds. The molecule has 0 aromatic rings. The normalized spacial score (nSPS) is 11.7. The second kappa shape index (κ2) is 36.0. The van der Waals surface area contributed by atoms with Crippen molar-refractivity contribution >= 4 is 31.9 Å². The van der Waals surface area contributed by atoms with Crippen molar-refractivity contribution in [2.24, 2.45) is 0 Å². The van der Waals surface area contributed by atoms with Gasteiger partial charge in [-0.2, -0.15) is 0 Å². The van der Waals surface area contributed by atoms with E-state index in [1.165, 1.54) is 218 Å². The van der Waals surface area contributed by atoms with E-state index in [1.807, 2.05) is 0 Å². The van der Waals surface area contributed by atoms with Crippen molar-refractivity contribution in [1.82, 2.24) is 0 Å². The summed E-state index contributed by atoms with van der Waals surface area (Å²) in [5, 5.41) is 0. The van der Waals surface area contributed by atoms with Crippen molar-refractivity contribution in [2.45, 2.75) is 229 Å². The maximum absolute atomic E-state index is 3.56. The molecule has 0 aliphatic rings. The van der Waals surface area contributed by atoms with Gasteiger partial charge < -0.3 is 0 Å². The number of hydrogen-bond acceptors (Lipinski definition) is 0. The van der Waals surface area contributed by atoms with Crippen molar-refractivity contribution in [3.05, 3.63) is 0 Å². The molecule has 0 spiro atoms. The smallest absolute Gasteiger partial charge is 0.0697 e. The summed E-state index contributed by atoms with van der Waals surface area (Å²) in [5.74, 6) is 0. The molecule has 0 saturated heterocycles. The predicted molar refractivity (Wildman–Crippen MR) is 184 cm³/mol. The van der Waals surface area contributed by atoms with Crippen molar-refractivity contribution < 1.29 is 0 Å². The van der Waals surface area contributed by atoms with Crippen molar-refractivity contribution in [2.75, 3.05) is 0 Å². The van der Waals surface area contributed by atoms with Gasteiger partial charge in [-0.25, -0.2) is 0 Å². The van der Waals surface area contributed by atoms with E-state index in [4.69, 9.17) is 0 Å². The summed E-state index contributed by atoms with van der Waals surface area (Å²) in [5.41, 5.74) is 0. The molecular formula is C36H72Br2. The molecule has 0 rings (SSSR count). The van der Waals surface area contributed by atoms with Gasteiger partial charge in [0.1, 0.15) is 0 Å². The molecule has 0 nitrogen and oxygen atoms in total. The number of hydrogen-bond donors (Lipinski definition) is 0. The SMILES string of the molecule is CCCCCCCCCCCCCCCCCCCCCCCCCCCCCCCCCCCC(Br)Br. The number of halogens is 2. The molecule has 0 atom stereocenters. The van der Waals surface area contributed by atoms with Crippen LogP contribution in [-0.4, -0.2) is 3.74 Å². The van der Waals surface area contributed by atoms with Crippen LogP contribution in [0.3, 0.4) is 0 Å². The molecule has 0 radical (unpaired) electrons. The van der Waals surface area contributed by atoms with E-state index in [1.54, 1.807) is 0 Å². The molecule has 230 valence electrons. The average molecular weight is 665 g/mol. The topological polar surface area (TPSA) is 0 Å². The van der Waals surface area contributed by atoms with Crippen LogP contribution >= 0.6 is 31.9 Å². The lowest BCUT2D eigenvalue weighted by Gasteiger charge is -2.05. The molecule has 0 heterocycles. The largest absolute Gasteiger partial charge is 0.0765 e. The van der Waals surface area contributed by atoms with Gasteiger partial charge in [-0.15, -0.1) is 0 Å². The summed E-state index contributed by atoms with van der Waals surface area (Å²) >= 11 is 7.13. The molecule has 2 heteroatoms. The Labute approximate surface area is 259 Å². The van der Waals surface area contributed by atoms with Gasteiger partial charge in [-0.1, -0.05) is 251 Å². The average Bonchev–Trinajstić information content (AvgIpc) is 2.91. The fourth-order valence-corrected chi connectivity index (χ4v) is 6.50. The van der Waals surface area contributed by atoms with Crippen LogP contribution in [0.5, 0.6) is 0 Å². The highest BCUT2D eigenvalue weighted by Gasteiger charge is 1.98. The molecular weight excluding hydrogens is 592 g/mol. The van der Waals surface area contributed by atoms with Crippen LogP contribution in [0, 0.1) is 0 Å². The molecule has 0 aromatic carbocycles. The van der Waals surface area contributed by atoms with Gasteiger partial charge in [-0.3, -0.25) is 0 Å². The highest BCUT2D eigenvalue weighted by molar-refractivity contribution is 9.24. The zero-order chi connectivity index (χ0) is 27.6. The van der Waals surface area contributed by atoms with Gasteiger partial charge in [-0.05, 0) is 6.42 Å². The number of alkyl halides is 2. The zero-order valence-corrected chi connectivity index (χ0v) is 29.5. The fraction of sp³-hybridized carbons (Fsp3) is 1.00. The van der Waals surface area contributed by atoms with E-state index in [0.29, 0.717) is 3.74 Å². The van der Waals surface area contributed by atoms with E-state index in [0.717, 1.165) is 0 Å². The Balaban J connectivity index is 3.02. The first-order chi connectivity index (χ1) is 18.8. The van der Waals surface area contributed by atoms with E-state index in [2.05, 4.69) is 38.8 Å². The van der Waals surface area contributed by atoms with Crippen molar-refractivity contribution in [1.29, 1.82) is 0 Å². The van der Waals surface area contributed by atoms with Crippen LogP contribution in [0.25, 0.3) is 0 Å². The molecule has 0 bridgehead atoms. The minimum absolute atomic E-state index is 0.522. The lowest BCUT2D eigenvalue weighted by molar-refractivity contribution is 0.511. The van der Waals surface area contributed by atoms with E-state index >= 15 is 0 Å². The van der Waals surface area contributed by atoms with Gasteiger partial charge in [0, 0.05) is 0 Å². The third kappa shape index (κ3) is 37.0. The van der Waals surface area contributed by atoms with Gasteiger partial charge in [0.25, 0.3) is 0 Å². The molecule has 0 aliphatic heterocycles. The van der Waals surface area contributed by atoms with Gasteiger partial charge >= 0.3 is 0 Å². The number of unbranched alkanes of at least 4 members (excludes halogenated alkanes) is 32. The molecule has 0 unspecified atom stereocenters. The Morgan fingerprint density at radius 1 is 0.263 bits per heavy atom. The Kier molecular flexibility index (Phi) is 36.9. The molecule has 38 heavy (non-hydrogen) atoms.